The zero-order chi connectivity index (χ0) is 13.3. The molecule has 1 saturated heterocycles. The molecule has 0 spiro atoms. The van der Waals surface area contributed by atoms with Gasteiger partial charge >= 0.3 is 0 Å². The van der Waals surface area contributed by atoms with Crippen LogP contribution < -0.4 is 5.73 Å². The van der Waals surface area contributed by atoms with E-state index in [1.807, 2.05) is 0 Å². The van der Waals surface area contributed by atoms with Crippen LogP contribution >= 0.6 is 11.8 Å². The summed E-state index contributed by atoms with van der Waals surface area (Å²) in [5.41, 5.74) is 5.41. The number of hydrogen-bond donors (Lipinski definition) is 4. The molecule has 2 heterocycles. The molecule has 1 aromatic heterocycles. The van der Waals surface area contributed by atoms with Crippen molar-refractivity contribution < 1.29 is 20.1 Å². The number of aliphatic hydroxyl groups is 3. The molecule has 10 heteroatoms. The van der Waals surface area contributed by atoms with Crippen molar-refractivity contribution >= 4 is 17.6 Å². The van der Waals surface area contributed by atoms with Crippen molar-refractivity contribution in [3.63, 3.8) is 0 Å². The van der Waals surface area contributed by atoms with Gasteiger partial charge in [0.15, 0.2) is 12.1 Å². The van der Waals surface area contributed by atoms with Crippen LogP contribution in [0.15, 0.2) is 10.8 Å². The van der Waals surface area contributed by atoms with E-state index in [-0.39, 0.29) is 11.7 Å². The Hall–Kier alpha value is -1.26. The summed E-state index contributed by atoms with van der Waals surface area (Å²) >= 11 is 5.17. The molecule has 0 saturated carbocycles. The fourth-order valence-electron chi connectivity index (χ4n) is 1.65. The first kappa shape index (κ1) is 13.2. The summed E-state index contributed by atoms with van der Waals surface area (Å²) in [4.78, 5) is 3.82. The molecule has 100 valence electrons. The smallest absolute Gasteiger partial charge is 0.217 e. The largest absolute Gasteiger partial charge is 0.394 e. The maximum absolute atomic E-state index is 9.76. The van der Waals surface area contributed by atoms with Crippen LogP contribution in [0, 0.1) is 0 Å². The van der Waals surface area contributed by atoms with Gasteiger partial charge in [0.1, 0.15) is 24.6 Å². The summed E-state index contributed by atoms with van der Waals surface area (Å²) < 4.78 is 9.62. The van der Waals surface area contributed by atoms with E-state index in [2.05, 4.69) is 14.6 Å². The summed E-state index contributed by atoms with van der Waals surface area (Å²) in [5, 5.41) is 32.2. The van der Waals surface area contributed by atoms with Crippen LogP contribution in [-0.4, -0.2) is 60.8 Å². The summed E-state index contributed by atoms with van der Waals surface area (Å²) in [7, 11) is 0. The highest BCUT2D eigenvalue weighted by molar-refractivity contribution is 6.21. The molecular formula is C8H12ClN5O4. The van der Waals surface area contributed by atoms with Crippen LogP contribution in [-0.2, 0) is 4.74 Å². The minimum Gasteiger partial charge on any atom is -0.394 e. The van der Waals surface area contributed by atoms with Crippen LogP contribution in [0.25, 0.3) is 0 Å². The average molecular weight is 278 g/mol. The lowest BCUT2D eigenvalue weighted by Crippen LogP contribution is -2.33. The first-order chi connectivity index (χ1) is 8.58. The summed E-state index contributed by atoms with van der Waals surface area (Å²) in [6, 6.07) is 0. The lowest BCUT2D eigenvalue weighted by molar-refractivity contribution is -0.0588. The van der Waals surface area contributed by atoms with E-state index in [9.17, 15) is 10.2 Å². The normalized spacial score (nSPS) is 33.0. The Morgan fingerprint density at radius 3 is 2.83 bits per heavy atom. The van der Waals surface area contributed by atoms with E-state index < -0.39 is 31.1 Å². The van der Waals surface area contributed by atoms with E-state index in [1.165, 1.54) is 11.0 Å². The van der Waals surface area contributed by atoms with Crippen molar-refractivity contribution in [2.45, 2.75) is 24.5 Å². The highest BCUT2D eigenvalue weighted by Gasteiger charge is 2.43. The predicted octanol–water partition coefficient (Wildman–Crippen LogP) is -2.25. The van der Waals surface area contributed by atoms with Gasteiger partial charge in [-0.15, -0.1) is 5.10 Å². The maximum Gasteiger partial charge on any atom is 0.217 e. The van der Waals surface area contributed by atoms with Gasteiger partial charge in [0.25, 0.3) is 0 Å². The minimum absolute atomic E-state index is 0.0720. The zero-order valence-electron chi connectivity index (χ0n) is 9.09. The van der Waals surface area contributed by atoms with Gasteiger partial charge in [-0.25, -0.2) is 9.67 Å². The molecule has 0 amide bonds. The highest BCUT2D eigenvalue weighted by Crippen LogP contribution is 2.28. The Bertz CT molecular complexity index is 452. The highest BCUT2D eigenvalue weighted by atomic mass is 35.5. The monoisotopic (exact) mass is 277 g/mol. The Labute approximate surface area is 107 Å². The molecular weight excluding hydrogens is 266 g/mol. The number of ether oxygens (including phenoxy) is 1. The van der Waals surface area contributed by atoms with Crippen LogP contribution in [0.4, 0.5) is 0 Å². The molecule has 0 aromatic carbocycles. The molecule has 2 unspecified atom stereocenters. The third-order valence-corrected chi connectivity index (χ3v) is 2.79. The summed E-state index contributed by atoms with van der Waals surface area (Å²) in [6.45, 7) is -0.415. The Balaban J connectivity index is 2.20. The third-order valence-electron chi connectivity index (χ3n) is 2.61. The number of nitrogens with zero attached hydrogens (tertiary/aromatic N) is 4. The van der Waals surface area contributed by atoms with Crippen molar-refractivity contribution in [2.24, 2.45) is 10.2 Å². The Kier molecular flexibility index (Phi) is 3.78. The number of amidine groups is 1. The number of hydrogen-bond acceptors (Lipinski definition) is 7. The number of rotatable bonds is 3. The second-order valence-corrected chi connectivity index (χ2v) is 3.92. The Morgan fingerprint density at radius 1 is 1.56 bits per heavy atom. The molecule has 1 aromatic rings. The number of nitrogens with two attached hydrogens (primary N) is 1. The van der Waals surface area contributed by atoms with Crippen molar-refractivity contribution in [3.05, 3.63) is 12.2 Å². The second kappa shape index (κ2) is 5.16. The maximum atomic E-state index is 9.76. The first-order valence-corrected chi connectivity index (χ1v) is 5.40. The topological polar surface area (TPSA) is 139 Å². The van der Waals surface area contributed by atoms with Gasteiger partial charge < -0.3 is 25.8 Å². The van der Waals surface area contributed by atoms with Gasteiger partial charge in [-0.1, -0.05) is 0 Å². The first-order valence-electron chi connectivity index (χ1n) is 5.07. The molecule has 1 fully saturated rings. The average Bonchev–Trinajstić information content (AvgIpc) is 2.96. The third kappa shape index (κ3) is 2.18. The summed E-state index contributed by atoms with van der Waals surface area (Å²) in [6.07, 6.45) is -3.01. The molecule has 9 nitrogen and oxygen atoms in total. The second-order valence-electron chi connectivity index (χ2n) is 3.75. The fourth-order valence-corrected chi connectivity index (χ4v) is 1.73. The molecule has 18 heavy (non-hydrogen) atoms. The van der Waals surface area contributed by atoms with Crippen LogP contribution in [0.5, 0.6) is 0 Å². The quantitative estimate of drug-likeness (QED) is 0.361. The molecule has 0 radical (unpaired) electrons. The van der Waals surface area contributed by atoms with Gasteiger partial charge in [0, 0.05) is 11.8 Å². The standard InChI is InChI=1S/C8H12ClN5O4/c9-12-6(10)7-11-2-14(13-7)8-5(17)4(16)3(1-15)18-8/h2-5,8,15-17H,1H2,(H2,10,12)/t3-,4?,5?,8-/m1/s1. The van der Waals surface area contributed by atoms with Gasteiger partial charge in [-0.3, -0.25) is 0 Å². The van der Waals surface area contributed by atoms with Crippen molar-refractivity contribution in [3.8, 4) is 0 Å². The number of aromatic nitrogens is 3. The van der Waals surface area contributed by atoms with Gasteiger partial charge in [0.2, 0.25) is 5.82 Å². The van der Waals surface area contributed by atoms with Crippen LogP contribution in [0.2, 0.25) is 0 Å². The lowest BCUT2D eigenvalue weighted by atomic mass is 10.1. The molecule has 1 aliphatic heterocycles. The molecule has 1 aliphatic rings. The SMILES string of the molecule is NC(=NCl)c1ncn([C@@H]2O[C@H](CO)C(O)C2O)n1. The molecule has 0 aliphatic carbocycles. The van der Waals surface area contributed by atoms with E-state index in [0.29, 0.717) is 0 Å². The fraction of sp³-hybridized carbons (Fsp3) is 0.625. The molecule has 4 atom stereocenters. The van der Waals surface area contributed by atoms with Gasteiger partial charge in [-0.2, -0.15) is 4.51 Å². The van der Waals surface area contributed by atoms with Crippen molar-refractivity contribution in [2.75, 3.05) is 6.61 Å². The summed E-state index contributed by atoms with van der Waals surface area (Å²) in [5.74, 6) is -0.00935. The zero-order valence-corrected chi connectivity index (χ0v) is 9.84. The van der Waals surface area contributed by atoms with E-state index in [1.54, 1.807) is 0 Å². The van der Waals surface area contributed by atoms with Crippen LogP contribution in [0.1, 0.15) is 12.1 Å². The van der Waals surface area contributed by atoms with Crippen LogP contribution in [0.3, 0.4) is 0 Å². The van der Waals surface area contributed by atoms with Gasteiger partial charge in [-0.05, 0) is 0 Å². The lowest BCUT2D eigenvalue weighted by Gasteiger charge is -2.13. The van der Waals surface area contributed by atoms with E-state index in [4.69, 9.17) is 27.4 Å². The minimum atomic E-state index is -1.23. The number of aliphatic hydroxyl groups excluding tert-OH is 3. The van der Waals surface area contributed by atoms with Crippen molar-refractivity contribution in [1.29, 1.82) is 0 Å². The van der Waals surface area contributed by atoms with Crippen molar-refractivity contribution in [1.82, 2.24) is 14.8 Å². The van der Waals surface area contributed by atoms with Gasteiger partial charge in [0.05, 0.1) is 6.61 Å². The Morgan fingerprint density at radius 2 is 2.28 bits per heavy atom. The molecule has 5 N–H and O–H groups in total. The molecule has 2 rings (SSSR count). The van der Waals surface area contributed by atoms with E-state index >= 15 is 0 Å². The number of halogens is 1. The molecule has 0 bridgehead atoms. The predicted molar refractivity (Wildman–Crippen MR) is 59.6 cm³/mol. The van der Waals surface area contributed by atoms with E-state index in [0.717, 1.165) is 0 Å².